The summed E-state index contributed by atoms with van der Waals surface area (Å²) in [5.41, 5.74) is 1.36. The highest BCUT2D eigenvalue weighted by Crippen LogP contribution is 2.36. The molecule has 4 nitrogen and oxygen atoms in total. The van der Waals surface area contributed by atoms with Crippen LogP contribution < -0.4 is 0 Å². The van der Waals surface area contributed by atoms with Crippen molar-refractivity contribution in [2.45, 2.75) is 11.3 Å². The van der Waals surface area contributed by atoms with Crippen molar-refractivity contribution in [2.75, 3.05) is 6.61 Å². The Bertz CT molecular complexity index is 524. The molecule has 1 aliphatic carbocycles. The number of allylic oxidation sites excluding steroid dienone is 3. The van der Waals surface area contributed by atoms with E-state index in [4.69, 9.17) is 11.6 Å². The van der Waals surface area contributed by atoms with Crippen LogP contribution in [0.1, 0.15) is 12.0 Å². The van der Waals surface area contributed by atoms with Gasteiger partial charge in [-0.25, -0.2) is 0 Å². The molecule has 1 atom stereocenters. The van der Waals surface area contributed by atoms with Crippen molar-refractivity contribution in [2.24, 2.45) is 0 Å². The molecule has 1 unspecified atom stereocenters. The lowest BCUT2D eigenvalue weighted by molar-refractivity contribution is -0.427. The van der Waals surface area contributed by atoms with E-state index in [-0.39, 0.29) is 18.7 Å². The molecule has 1 aliphatic rings. The Morgan fingerprint density at radius 2 is 2.06 bits per heavy atom. The van der Waals surface area contributed by atoms with Gasteiger partial charge in [0.05, 0.1) is 28.4 Å². The fourth-order valence-corrected chi connectivity index (χ4v) is 2.10. The van der Waals surface area contributed by atoms with Crippen LogP contribution in [0.2, 0.25) is 0 Å². The predicted molar refractivity (Wildman–Crippen MR) is 69.8 cm³/mol. The van der Waals surface area contributed by atoms with Crippen molar-refractivity contribution in [3.63, 3.8) is 0 Å². The number of hydrogen-bond acceptors (Lipinski definition) is 3. The first-order chi connectivity index (χ1) is 8.56. The van der Waals surface area contributed by atoms with Gasteiger partial charge in [-0.15, -0.1) is 11.6 Å². The van der Waals surface area contributed by atoms with Gasteiger partial charge in [0.1, 0.15) is 0 Å². The zero-order chi connectivity index (χ0) is 13.2. The van der Waals surface area contributed by atoms with Crippen LogP contribution in [0.5, 0.6) is 0 Å². The van der Waals surface area contributed by atoms with Gasteiger partial charge in [0.2, 0.25) is 0 Å². The molecule has 0 heterocycles. The van der Waals surface area contributed by atoms with Crippen LogP contribution in [0.25, 0.3) is 5.57 Å². The number of rotatable bonds is 3. The van der Waals surface area contributed by atoms with Gasteiger partial charge in [-0.1, -0.05) is 42.5 Å². The lowest BCUT2D eigenvalue weighted by atomic mass is 9.90. The lowest BCUT2D eigenvalue weighted by Gasteiger charge is -2.23. The van der Waals surface area contributed by atoms with E-state index in [9.17, 15) is 15.2 Å². The molecule has 18 heavy (non-hydrogen) atoms. The quantitative estimate of drug-likeness (QED) is 0.519. The molecule has 0 aliphatic heterocycles. The second kappa shape index (κ2) is 4.92. The van der Waals surface area contributed by atoms with Gasteiger partial charge < -0.3 is 5.11 Å². The van der Waals surface area contributed by atoms with Gasteiger partial charge in [-0.05, 0) is 5.56 Å². The highest BCUT2D eigenvalue weighted by atomic mass is 35.5. The standard InChI is InChI=1S/C13H12ClNO3/c14-13(9-16)7-6-11(12(8-13)15(17)18)10-4-2-1-3-5-10/h1-7,16H,8-9H2. The topological polar surface area (TPSA) is 63.4 Å². The summed E-state index contributed by atoms with van der Waals surface area (Å²) in [7, 11) is 0. The first kappa shape index (κ1) is 12.8. The van der Waals surface area contributed by atoms with Crippen molar-refractivity contribution in [3.8, 4) is 0 Å². The molecule has 0 aromatic heterocycles. The van der Waals surface area contributed by atoms with Crippen LogP contribution in [-0.2, 0) is 0 Å². The maximum Gasteiger partial charge on any atom is 0.256 e. The molecule has 2 rings (SSSR count). The van der Waals surface area contributed by atoms with Gasteiger partial charge in [0.15, 0.2) is 0 Å². The molecule has 0 saturated heterocycles. The van der Waals surface area contributed by atoms with Gasteiger partial charge in [0.25, 0.3) is 5.70 Å². The molecule has 0 radical (unpaired) electrons. The number of aliphatic hydroxyl groups is 1. The molecule has 0 bridgehead atoms. The highest BCUT2D eigenvalue weighted by Gasteiger charge is 2.35. The summed E-state index contributed by atoms with van der Waals surface area (Å²) in [5.74, 6) is 0. The van der Waals surface area contributed by atoms with E-state index >= 15 is 0 Å². The number of aliphatic hydroxyl groups excluding tert-OH is 1. The molecule has 5 heteroatoms. The van der Waals surface area contributed by atoms with Gasteiger partial charge in [-0.2, -0.15) is 0 Å². The molecule has 0 spiro atoms. The predicted octanol–water partition coefficient (Wildman–Crippen LogP) is 2.60. The Labute approximate surface area is 109 Å². The van der Waals surface area contributed by atoms with Crippen molar-refractivity contribution in [1.82, 2.24) is 0 Å². The molecular formula is C13H12ClNO3. The number of alkyl halides is 1. The number of benzene rings is 1. The average molecular weight is 266 g/mol. The van der Waals surface area contributed by atoms with E-state index in [1.54, 1.807) is 12.2 Å². The largest absolute Gasteiger partial charge is 0.394 e. The lowest BCUT2D eigenvalue weighted by Crippen LogP contribution is -2.28. The third kappa shape index (κ3) is 2.44. The average Bonchev–Trinajstić information content (AvgIpc) is 2.39. The van der Waals surface area contributed by atoms with E-state index in [0.29, 0.717) is 5.57 Å². The second-order valence-corrected chi connectivity index (χ2v) is 4.94. The van der Waals surface area contributed by atoms with Crippen LogP contribution in [-0.4, -0.2) is 21.5 Å². The van der Waals surface area contributed by atoms with Crippen molar-refractivity contribution >= 4 is 17.2 Å². The fraction of sp³-hybridized carbons (Fsp3) is 0.231. The third-order valence-corrected chi connectivity index (χ3v) is 3.27. The van der Waals surface area contributed by atoms with Crippen LogP contribution in [0.4, 0.5) is 0 Å². The van der Waals surface area contributed by atoms with Crippen LogP contribution in [0.15, 0.2) is 48.2 Å². The van der Waals surface area contributed by atoms with Crippen molar-refractivity contribution < 1.29 is 10.0 Å². The minimum atomic E-state index is -1.07. The molecular weight excluding hydrogens is 254 g/mol. The maximum atomic E-state index is 11.1. The summed E-state index contributed by atoms with van der Waals surface area (Å²) in [4.78, 5) is 9.61. The first-order valence-electron chi connectivity index (χ1n) is 5.48. The Morgan fingerprint density at radius 3 is 2.61 bits per heavy atom. The van der Waals surface area contributed by atoms with Gasteiger partial charge in [0, 0.05) is 0 Å². The van der Waals surface area contributed by atoms with Crippen molar-refractivity contribution in [1.29, 1.82) is 0 Å². The third-order valence-electron chi connectivity index (χ3n) is 2.89. The zero-order valence-corrected chi connectivity index (χ0v) is 10.3. The summed E-state index contributed by atoms with van der Waals surface area (Å²) >= 11 is 6.08. The smallest absolute Gasteiger partial charge is 0.256 e. The summed E-state index contributed by atoms with van der Waals surface area (Å²) in [6.45, 7) is -0.329. The van der Waals surface area contributed by atoms with Crippen molar-refractivity contribution in [3.05, 3.63) is 63.9 Å². The summed E-state index contributed by atoms with van der Waals surface area (Å²) in [6.07, 6.45) is 3.24. The monoisotopic (exact) mass is 265 g/mol. The van der Waals surface area contributed by atoms with E-state index < -0.39 is 9.80 Å². The van der Waals surface area contributed by atoms with E-state index in [0.717, 1.165) is 5.56 Å². The summed E-state index contributed by atoms with van der Waals surface area (Å²) < 4.78 is 0. The van der Waals surface area contributed by atoms with Gasteiger partial charge >= 0.3 is 0 Å². The highest BCUT2D eigenvalue weighted by molar-refractivity contribution is 6.26. The first-order valence-corrected chi connectivity index (χ1v) is 5.85. The number of halogens is 1. The van der Waals surface area contributed by atoms with E-state index in [1.807, 2.05) is 30.3 Å². The van der Waals surface area contributed by atoms with Crippen LogP contribution in [0.3, 0.4) is 0 Å². The Kier molecular flexibility index (Phi) is 3.50. The van der Waals surface area contributed by atoms with Crippen LogP contribution in [0, 0.1) is 10.1 Å². The molecule has 0 saturated carbocycles. The second-order valence-electron chi connectivity index (χ2n) is 4.19. The Hall–Kier alpha value is -1.65. The van der Waals surface area contributed by atoms with Gasteiger partial charge in [-0.3, -0.25) is 10.1 Å². The SMILES string of the molecule is O=[N+]([O-])C1=C(c2ccccc2)C=CC(Cl)(CO)C1. The number of nitrogens with zero attached hydrogens (tertiary/aromatic N) is 1. The number of hydrogen-bond donors (Lipinski definition) is 1. The molecule has 1 aromatic carbocycles. The fourth-order valence-electron chi connectivity index (χ4n) is 1.91. The Balaban J connectivity index is 2.48. The summed E-state index contributed by atoms with van der Waals surface area (Å²) in [5, 5.41) is 20.3. The summed E-state index contributed by atoms with van der Waals surface area (Å²) in [6, 6.07) is 9.11. The normalized spacial score (nSPS) is 23.2. The number of nitro groups is 1. The minimum absolute atomic E-state index is 0.0127. The molecule has 0 fully saturated rings. The molecule has 1 aromatic rings. The molecule has 1 N–H and O–H groups in total. The zero-order valence-electron chi connectivity index (χ0n) is 9.54. The van der Waals surface area contributed by atoms with E-state index in [2.05, 4.69) is 0 Å². The Morgan fingerprint density at radius 1 is 1.39 bits per heavy atom. The van der Waals surface area contributed by atoms with E-state index in [1.165, 1.54) is 0 Å². The molecule has 0 amide bonds. The molecule has 94 valence electrons. The maximum absolute atomic E-state index is 11.1. The minimum Gasteiger partial charge on any atom is -0.394 e. The van der Waals surface area contributed by atoms with Crippen LogP contribution >= 0.6 is 11.6 Å².